The number of thiazole rings is 1. The van der Waals surface area contributed by atoms with E-state index in [1.54, 1.807) is 0 Å². The molecule has 1 saturated heterocycles. The lowest BCUT2D eigenvalue weighted by atomic mass is 10.0. The van der Waals surface area contributed by atoms with Crippen LogP contribution in [0.1, 0.15) is 35.9 Å². The molecular weight excluding hydrogens is 344 g/mol. The number of nitrogens with zero attached hydrogens (tertiary/aromatic N) is 2. The number of hydrogen-bond acceptors (Lipinski definition) is 5. The SMILES string of the molecule is c1ccc2sc(CN3CCC[C@H]3c3ccc4c(c3)OCCCO4)nc2c1. The van der Waals surface area contributed by atoms with Gasteiger partial charge in [-0.25, -0.2) is 4.98 Å². The lowest BCUT2D eigenvalue weighted by molar-refractivity contribution is 0.247. The van der Waals surface area contributed by atoms with E-state index in [9.17, 15) is 0 Å². The van der Waals surface area contributed by atoms with Crippen LogP contribution in [0.5, 0.6) is 11.5 Å². The van der Waals surface area contributed by atoms with Crippen LogP contribution in [-0.4, -0.2) is 29.6 Å². The minimum atomic E-state index is 0.430. The summed E-state index contributed by atoms with van der Waals surface area (Å²) in [6.45, 7) is 3.50. The fraction of sp³-hybridized carbons (Fsp3) is 0.381. The van der Waals surface area contributed by atoms with Gasteiger partial charge in [-0.1, -0.05) is 18.2 Å². The Hall–Kier alpha value is -2.11. The van der Waals surface area contributed by atoms with Gasteiger partial charge < -0.3 is 9.47 Å². The fourth-order valence-electron chi connectivity index (χ4n) is 3.94. The van der Waals surface area contributed by atoms with Crippen LogP contribution in [0, 0.1) is 0 Å². The summed E-state index contributed by atoms with van der Waals surface area (Å²) in [4.78, 5) is 7.37. The summed E-state index contributed by atoms with van der Waals surface area (Å²) in [7, 11) is 0. The van der Waals surface area contributed by atoms with Gasteiger partial charge in [0.2, 0.25) is 0 Å². The maximum atomic E-state index is 5.89. The predicted octanol–water partition coefficient (Wildman–Crippen LogP) is 4.79. The number of fused-ring (bicyclic) bond motifs is 2. The predicted molar refractivity (Wildman–Crippen MR) is 104 cm³/mol. The Labute approximate surface area is 157 Å². The van der Waals surface area contributed by atoms with Gasteiger partial charge in [-0.15, -0.1) is 11.3 Å². The molecule has 0 unspecified atom stereocenters. The van der Waals surface area contributed by atoms with E-state index in [1.165, 1.54) is 28.1 Å². The van der Waals surface area contributed by atoms with Crippen LogP contribution >= 0.6 is 11.3 Å². The van der Waals surface area contributed by atoms with E-state index >= 15 is 0 Å². The van der Waals surface area contributed by atoms with Gasteiger partial charge in [0.15, 0.2) is 11.5 Å². The maximum absolute atomic E-state index is 5.89. The second-order valence-electron chi connectivity index (χ2n) is 6.96. The molecule has 1 aromatic heterocycles. The normalized spacial score (nSPS) is 20.4. The Bertz CT molecular complexity index is 890. The van der Waals surface area contributed by atoms with E-state index in [-0.39, 0.29) is 0 Å². The van der Waals surface area contributed by atoms with Crippen molar-refractivity contribution >= 4 is 21.6 Å². The molecule has 2 aliphatic rings. The number of aromatic nitrogens is 1. The first-order valence-corrected chi connectivity index (χ1v) is 10.2. The van der Waals surface area contributed by atoms with E-state index in [4.69, 9.17) is 14.5 Å². The maximum Gasteiger partial charge on any atom is 0.161 e. The molecule has 134 valence electrons. The monoisotopic (exact) mass is 366 g/mol. The topological polar surface area (TPSA) is 34.6 Å². The van der Waals surface area contributed by atoms with Gasteiger partial charge in [0, 0.05) is 12.5 Å². The number of para-hydroxylation sites is 1. The zero-order valence-corrected chi connectivity index (χ0v) is 15.5. The molecule has 0 aliphatic carbocycles. The van der Waals surface area contributed by atoms with Crippen LogP contribution in [-0.2, 0) is 6.54 Å². The zero-order chi connectivity index (χ0) is 17.3. The second kappa shape index (κ2) is 6.89. The number of rotatable bonds is 3. The Morgan fingerprint density at radius 1 is 1.04 bits per heavy atom. The Morgan fingerprint density at radius 2 is 1.92 bits per heavy atom. The molecule has 2 aromatic carbocycles. The largest absolute Gasteiger partial charge is 0.490 e. The van der Waals surface area contributed by atoms with Crippen molar-refractivity contribution in [3.63, 3.8) is 0 Å². The molecule has 3 heterocycles. The molecule has 5 rings (SSSR count). The molecule has 4 nitrogen and oxygen atoms in total. The molecular formula is C21H22N2O2S. The Morgan fingerprint density at radius 3 is 2.85 bits per heavy atom. The highest BCUT2D eigenvalue weighted by molar-refractivity contribution is 7.18. The molecule has 0 amide bonds. The van der Waals surface area contributed by atoms with Crippen LogP contribution in [0.3, 0.4) is 0 Å². The molecule has 5 heteroatoms. The first-order chi connectivity index (χ1) is 12.9. The first-order valence-electron chi connectivity index (χ1n) is 9.35. The molecule has 3 aromatic rings. The Kier molecular flexibility index (Phi) is 4.27. The van der Waals surface area contributed by atoms with Crippen molar-refractivity contribution in [3.8, 4) is 11.5 Å². The number of hydrogen-bond donors (Lipinski definition) is 0. The summed E-state index contributed by atoms with van der Waals surface area (Å²) < 4.78 is 12.9. The van der Waals surface area contributed by atoms with Crippen molar-refractivity contribution in [2.75, 3.05) is 19.8 Å². The molecule has 0 saturated carbocycles. The summed E-state index contributed by atoms with van der Waals surface area (Å²) >= 11 is 1.81. The quantitative estimate of drug-likeness (QED) is 0.667. The lowest BCUT2D eigenvalue weighted by Gasteiger charge is -2.24. The molecule has 1 atom stereocenters. The minimum Gasteiger partial charge on any atom is -0.490 e. The van der Waals surface area contributed by atoms with Gasteiger partial charge >= 0.3 is 0 Å². The van der Waals surface area contributed by atoms with Gasteiger partial charge in [0.1, 0.15) is 5.01 Å². The van der Waals surface area contributed by atoms with E-state index in [1.807, 2.05) is 11.3 Å². The molecule has 0 radical (unpaired) electrons. The summed E-state index contributed by atoms with van der Waals surface area (Å²) in [6.07, 6.45) is 3.35. The molecule has 0 N–H and O–H groups in total. The third-order valence-corrected chi connectivity index (χ3v) is 6.22. The average Bonchev–Trinajstić information content (AvgIpc) is 3.21. The third-order valence-electron chi connectivity index (χ3n) is 5.20. The number of benzene rings is 2. The van der Waals surface area contributed by atoms with Crippen molar-refractivity contribution in [2.24, 2.45) is 0 Å². The van der Waals surface area contributed by atoms with Gasteiger partial charge in [-0.3, -0.25) is 4.90 Å². The zero-order valence-electron chi connectivity index (χ0n) is 14.7. The smallest absolute Gasteiger partial charge is 0.161 e. The lowest BCUT2D eigenvalue weighted by Crippen LogP contribution is -2.22. The van der Waals surface area contributed by atoms with E-state index in [2.05, 4.69) is 47.4 Å². The third kappa shape index (κ3) is 3.06. The van der Waals surface area contributed by atoms with Gasteiger partial charge in [0.25, 0.3) is 0 Å². The molecule has 1 fully saturated rings. The summed E-state index contributed by atoms with van der Waals surface area (Å²) in [5, 5.41) is 1.20. The number of ether oxygens (including phenoxy) is 2. The molecule has 0 spiro atoms. The summed E-state index contributed by atoms with van der Waals surface area (Å²) in [6, 6.07) is 15.3. The van der Waals surface area contributed by atoms with Gasteiger partial charge in [-0.05, 0) is 49.2 Å². The summed E-state index contributed by atoms with van der Waals surface area (Å²) in [5.41, 5.74) is 2.44. The van der Waals surface area contributed by atoms with E-state index in [0.29, 0.717) is 6.04 Å². The van der Waals surface area contributed by atoms with Crippen LogP contribution < -0.4 is 9.47 Å². The first kappa shape index (κ1) is 16.1. The molecule has 0 bridgehead atoms. The van der Waals surface area contributed by atoms with Crippen molar-refractivity contribution < 1.29 is 9.47 Å². The average molecular weight is 366 g/mol. The molecule has 2 aliphatic heterocycles. The van der Waals surface area contributed by atoms with E-state index in [0.717, 1.165) is 49.7 Å². The highest BCUT2D eigenvalue weighted by Gasteiger charge is 2.28. The van der Waals surface area contributed by atoms with Crippen LogP contribution in [0.4, 0.5) is 0 Å². The highest BCUT2D eigenvalue weighted by atomic mass is 32.1. The van der Waals surface area contributed by atoms with Crippen molar-refractivity contribution in [2.45, 2.75) is 31.8 Å². The van der Waals surface area contributed by atoms with Crippen molar-refractivity contribution in [3.05, 3.63) is 53.0 Å². The van der Waals surface area contributed by atoms with Crippen LogP contribution in [0.25, 0.3) is 10.2 Å². The minimum absolute atomic E-state index is 0.430. The highest BCUT2D eigenvalue weighted by Crippen LogP contribution is 2.39. The molecule has 26 heavy (non-hydrogen) atoms. The van der Waals surface area contributed by atoms with Gasteiger partial charge in [0.05, 0.1) is 30.0 Å². The number of likely N-dealkylation sites (tertiary alicyclic amines) is 1. The van der Waals surface area contributed by atoms with Crippen molar-refractivity contribution in [1.82, 2.24) is 9.88 Å². The van der Waals surface area contributed by atoms with E-state index < -0.39 is 0 Å². The standard InChI is InChI=1S/C21H22N2O2S/c1-2-7-20-16(5-1)22-21(26-20)14-23-10-3-6-17(23)15-8-9-18-19(13-15)25-12-4-11-24-18/h1-2,5,7-9,13,17H,3-4,6,10-12,14H2/t17-/m0/s1. The van der Waals surface area contributed by atoms with Crippen LogP contribution in [0.15, 0.2) is 42.5 Å². The Balaban J connectivity index is 1.39. The summed E-state index contributed by atoms with van der Waals surface area (Å²) in [5.74, 6) is 1.77. The second-order valence-corrected chi connectivity index (χ2v) is 8.08. The van der Waals surface area contributed by atoms with Gasteiger partial charge in [-0.2, -0.15) is 0 Å². The van der Waals surface area contributed by atoms with Crippen molar-refractivity contribution in [1.29, 1.82) is 0 Å². The fourth-order valence-corrected chi connectivity index (χ4v) is 4.93. The van der Waals surface area contributed by atoms with Crippen LogP contribution in [0.2, 0.25) is 0 Å².